The number of nitrogens with zero attached hydrogens (tertiary/aromatic N) is 1. The Balaban J connectivity index is 2.07. The highest BCUT2D eigenvalue weighted by atomic mass is 14.9. The zero-order valence-corrected chi connectivity index (χ0v) is 14.1. The minimum Gasteiger partial charge on any atom is -0.200 e. The standard InChI is InChI=1S/C22H24N/c1-15-8-6-7-9-21(15)22-11-10-19(14-23(22)5)20-12-16(2)18(4)17(3)13-20/h6-14H,1-5H3/q+1/i4D3. The number of pyridine rings is 1. The second-order valence-electron chi connectivity index (χ2n) is 6.21. The molecule has 0 spiro atoms. The van der Waals surface area contributed by atoms with Gasteiger partial charge in [0, 0.05) is 21.3 Å². The molecule has 0 amide bonds. The highest BCUT2D eigenvalue weighted by Gasteiger charge is 2.14. The van der Waals surface area contributed by atoms with Crippen molar-refractivity contribution in [1.29, 1.82) is 0 Å². The molecule has 0 fully saturated rings. The number of aryl methyl sites for hydroxylation is 4. The van der Waals surface area contributed by atoms with E-state index in [1.165, 1.54) is 11.1 Å². The number of hydrogen-bond donors (Lipinski definition) is 0. The fraction of sp³-hybridized carbons (Fsp3) is 0.227. The quantitative estimate of drug-likeness (QED) is 0.581. The van der Waals surface area contributed by atoms with Crippen LogP contribution in [0.2, 0.25) is 0 Å². The lowest BCUT2D eigenvalue weighted by Gasteiger charge is -2.10. The Kier molecular flexibility index (Phi) is 3.15. The van der Waals surface area contributed by atoms with E-state index in [-0.39, 0.29) is 0 Å². The predicted octanol–water partition coefficient (Wildman–Crippen LogP) is 5.08. The lowest BCUT2D eigenvalue weighted by molar-refractivity contribution is -0.659. The van der Waals surface area contributed by atoms with Crippen LogP contribution < -0.4 is 4.57 Å². The molecule has 0 bridgehead atoms. The summed E-state index contributed by atoms with van der Waals surface area (Å²) < 4.78 is 25.3. The van der Waals surface area contributed by atoms with Gasteiger partial charge in [-0.05, 0) is 67.6 Å². The molecule has 1 nitrogen and oxygen atoms in total. The average molecular weight is 305 g/mol. The molecule has 0 aliphatic heterocycles. The maximum absolute atomic E-state index is 7.74. The first-order valence-electron chi connectivity index (χ1n) is 9.36. The van der Waals surface area contributed by atoms with Gasteiger partial charge in [-0.25, -0.2) is 4.57 Å². The van der Waals surface area contributed by atoms with E-state index in [1.807, 2.05) is 39.1 Å². The predicted molar refractivity (Wildman–Crippen MR) is 97.4 cm³/mol. The van der Waals surface area contributed by atoms with E-state index in [4.69, 9.17) is 4.11 Å². The van der Waals surface area contributed by atoms with Gasteiger partial charge < -0.3 is 0 Å². The van der Waals surface area contributed by atoms with Crippen LogP contribution in [0.3, 0.4) is 0 Å². The van der Waals surface area contributed by atoms with Crippen LogP contribution in [0.1, 0.15) is 26.4 Å². The van der Waals surface area contributed by atoms with Crippen molar-refractivity contribution in [3.05, 3.63) is 77.0 Å². The molecular weight excluding hydrogens is 278 g/mol. The van der Waals surface area contributed by atoms with E-state index in [0.717, 1.165) is 27.9 Å². The van der Waals surface area contributed by atoms with E-state index < -0.39 is 6.85 Å². The minimum atomic E-state index is -2.08. The largest absolute Gasteiger partial charge is 0.212 e. The molecule has 0 N–H and O–H groups in total. The summed E-state index contributed by atoms with van der Waals surface area (Å²) in [4.78, 5) is 0. The summed E-state index contributed by atoms with van der Waals surface area (Å²) in [7, 11) is 2.04. The average Bonchev–Trinajstić information content (AvgIpc) is 2.53. The molecule has 0 saturated heterocycles. The summed E-state index contributed by atoms with van der Waals surface area (Å²) in [6.07, 6.45) is 2.10. The molecule has 0 atom stereocenters. The van der Waals surface area contributed by atoms with Gasteiger partial charge in [0.1, 0.15) is 7.05 Å². The van der Waals surface area contributed by atoms with Gasteiger partial charge in [0.15, 0.2) is 6.20 Å². The Morgan fingerprint density at radius 1 is 0.826 bits per heavy atom. The Labute approximate surface area is 143 Å². The van der Waals surface area contributed by atoms with Crippen molar-refractivity contribution in [3.63, 3.8) is 0 Å². The molecule has 0 aliphatic rings. The summed E-state index contributed by atoms with van der Waals surface area (Å²) in [5.74, 6) is 0. The third-order valence-corrected chi connectivity index (χ3v) is 4.42. The zero-order chi connectivity index (χ0) is 19.1. The van der Waals surface area contributed by atoms with Crippen LogP contribution >= 0.6 is 0 Å². The zero-order valence-electron chi connectivity index (χ0n) is 17.1. The molecule has 1 heterocycles. The van der Waals surface area contributed by atoms with Crippen LogP contribution in [0.15, 0.2) is 54.7 Å². The number of benzene rings is 2. The van der Waals surface area contributed by atoms with Crippen LogP contribution in [0.4, 0.5) is 0 Å². The highest BCUT2D eigenvalue weighted by molar-refractivity contribution is 5.67. The van der Waals surface area contributed by atoms with Crippen LogP contribution in [0, 0.1) is 27.6 Å². The van der Waals surface area contributed by atoms with Crippen molar-refractivity contribution >= 4 is 0 Å². The second kappa shape index (κ2) is 6.00. The molecule has 1 heteroatoms. The van der Waals surface area contributed by atoms with Gasteiger partial charge >= 0.3 is 0 Å². The Bertz CT molecular complexity index is 948. The van der Waals surface area contributed by atoms with Crippen molar-refractivity contribution in [1.82, 2.24) is 0 Å². The third kappa shape index (κ3) is 2.92. The second-order valence-corrected chi connectivity index (χ2v) is 6.21. The van der Waals surface area contributed by atoms with Crippen molar-refractivity contribution in [2.45, 2.75) is 27.6 Å². The van der Waals surface area contributed by atoms with Crippen molar-refractivity contribution < 1.29 is 8.68 Å². The topological polar surface area (TPSA) is 3.88 Å². The van der Waals surface area contributed by atoms with Crippen LogP contribution in [0.25, 0.3) is 22.4 Å². The summed E-state index contributed by atoms with van der Waals surface area (Å²) in [5, 5.41) is 0. The number of rotatable bonds is 2. The summed E-state index contributed by atoms with van der Waals surface area (Å²) in [6.45, 7) is 3.79. The Morgan fingerprint density at radius 3 is 2.13 bits per heavy atom. The maximum Gasteiger partial charge on any atom is 0.212 e. The van der Waals surface area contributed by atoms with Gasteiger partial charge in [0.2, 0.25) is 5.69 Å². The first-order chi connectivity index (χ1) is 12.2. The van der Waals surface area contributed by atoms with E-state index in [1.54, 1.807) is 0 Å². The van der Waals surface area contributed by atoms with Gasteiger partial charge in [-0.1, -0.05) is 30.3 Å². The fourth-order valence-electron chi connectivity index (χ4n) is 3.05. The highest BCUT2D eigenvalue weighted by Crippen LogP contribution is 2.26. The molecule has 3 aromatic rings. The summed E-state index contributed by atoms with van der Waals surface area (Å²) >= 11 is 0. The molecule has 2 aromatic carbocycles. The lowest BCUT2D eigenvalue weighted by atomic mass is 9.96. The first kappa shape index (κ1) is 12.1. The van der Waals surface area contributed by atoms with Crippen molar-refractivity contribution in [2.24, 2.45) is 7.05 Å². The molecule has 1 aromatic heterocycles. The Hall–Kier alpha value is -2.41. The smallest absolute Gasteiger partial charge is 0.200 e. The first-order valence-corrected chi connectivity index (χ1v) is 7.86. The monoisotopic (exact) mass is 305 g/mol. The van der Waals surface area contributed by atoms with Gasteiger partial charge in [0.05, 0.1) is 0 Å². The van der Waals surface area contributed by atoms with Gasteiger partial charge in [-0.3, -0.25) is 0 Å². The lowest BCUT2D eigenvalue weighted by Crippen LogP contribution is -2.30. The normalized spacial score (nSPS) is 13.3. The van der Waals surface area contributed by atoms with Crippen LogP contribution in [0.5, 0.6) is 0 Å². The van der Waals surface area contributed by atoms with E-state index in [9.17, 15) is 0 Å². The number of aromatic nitrogens is 1. The van der Waals surface area contributed by atoms with E-state index in [2.05, 4.69) is 48.0 Å². The van der Waals surface area contributed by atoms with Gasteiger partial charge in [0.25, 0.3) is 0 Å². The minimum absolute atomic E-state index is 0.460. The maximum atomic E-state index is 7.74. The van der Waals surface area contributed by atoms with Gasteiger partial charge in [-0.2, -0.15) is 0 Å². The SMILES string of the molecule is [2H]C([2H])([2H])c1c(C)cc(-c2ccc(-c3ccccc3C)[n+](C)c2)cc1C. The van der Waals surface area contributed by atoms with Crippen molar-refractivity contribution in [3.8, 4) is 22.4 Å². The molecule has 23 heavy (non-hydrogen) atoms. The summed E-state index contributed by atoms with van der Waals surface area (Å²) in [5.41, 5.74) is 7.81. The molecule has 116 valence electrons. The molecular formula is C22H24N+. The summed E-state index contributed by atoms with van der Waals surface area (Å²) in [6, 6.07) is 16.5. The molecule has 0 saturated carbocycles. The van der Waals surface area contributed by atoms with Crippen LogP contribution in [-0.2, 0) is 7.05 Å². The fourth-order valence-corrected chi connectivity index (χ4v) is 3.05. The Morgan fingerprint density at radius 2 is 1.52 bits per heavy atom. The molecule has 0 aliphatic carbocycles. The number of hydrogen-bond acceptors (Lipinski definition) is 0. The van der Waals surface area contributed by atoms with Crippen LogP contribution in [-0.4, -0.2) is 0 Å². The van der Waals surface area contributed by atoms with E-state index >= 15 is 0 Å². The van der Waals surface area contributed by atoms with Crippen molar-refractivity contribution in [2.75, 3.05) is 0 Å². The molecule has 0 unspecified atom stereocenters. The molecule has 0 radical (unpaired) electrons. The molecule has 3 rings (SSSR count). The third-order valence-electron chi connectivity index (χ3n) is 4.42. The van der Waals surface area contributed by atoms with Gasteiger partial charge in [-0.15, -0.1) is 0 Å². The van der Waals surface area contributed by atoms with E-state index in [0.29, 0.717) is 5.56 Å².